The first-order valence-corrected chi connectivity index (χ1v) is 13.9. The molecule has 4 fully saturated rings. The molecule has 194 valence electrons. The second kappa shape index (κ2) is 9.88. The van der Waals surface area contributed by atoms with Gasteiger partial charge in [-0.25, -0.2) is 9.78 Å². The molecular formula is C26H40N9O+. The number of carbonyl (C=O) groups is 1. The van der Waals surface area contributed by atoms with Crippen LogP contribution in [0, 0.1) is 0 Å². The maximum Gasteiger partial charge on any atom is 0.319 e. The topological polar surface area (TPSA) is 120 Å². The van der Waals surface area contributed by atoms with E-state index in [1.165, 1.54) is 50.8 Å². The third-order valence-corrected chi connectivity index (χ3v) is 8.98. The minimum absolute atomic E-state index is 0.00215. The van der Waals surface area contributed by atoms with Gasteiger partial charge in [0.05, 0.1) is 26.1 Å². The minimum atomic E-state index is -0.00215. The van der Waals surface area contributed by atoms with Crippen molar-refractivity contribution in [3.8, 4) is 0 Å². The van der Waals surface area contributed by atoms with E-state index in [0.717, 1.165) is 54.3 Å². The molecule has 36 heavy (non-hydrogen) atoms. The lowest BCUT2D eigenvalue weighted by molar-refractivity contribution is -0.984. The number of urea groups is 1. The zero-order valence-electron chi connectivity index (χ0n) is 21.3. The van der Waals surface area contributed by atoms with Crippen LogP contribution >= 0.6 is 0 Å². The Balaban J connectivity index is 0.950. The molecule has 3 saturated carbocycles. The second-order valence-corrected chi connectivity index (χ2v) is 11.5. The van der Waals surface area contributed by atoms with Gasteiger partial charge in [-0.3, -0.25) is 10.4 Å². The predicted octanol–water partition coefficient (Wildman–Crippen LogP) is 3.96. The van der Waals surface area contributed by atoms with E-state index in [1.807, 2.05) is 6.07 Å². The molecular weight excluding hydrogens is 454 g/mol. The van der Waals surface area contributed by atoms with Gasteiger partial charge in [0.2, 0.25) is 5.95 Å². The summed E-state index contributed by atoms with van der Waals surface area (Å²) in [6.07, 6.45) is 14.7. The molecule has 1 saturated heterocycles. The molecule has 10 heteroatoms. The number of carbonyl (C=O) groups excluding carboxylic acids is 1. The van der Waals surface area contributed by atoms with E-state index in [0.29, 0.717) is 17.9 Å². The average Bonchev–Trinajstić information content (AvgIpc) is 3.38. The smallest absolute Gasteiger partial charge is 0.319 e. The van der Waals surface area contributed by atoms with Crippen molar-refractivity contribution in [1.82, 2.24) is 30.8 Å². The van der Waals surface area contributed by atoms with Crippen LogP contribution in [-0.4, -0.2) is 68.6 Å². The molecule has 2 amide bonds. The number of hydrogen-bond donors (Lipinski definition) is 5. The van der Waals surface area contributed by atoms with Crippen molar-refractivity contribution >= 4 is 23.6 Å². The summed E-state index contributed by atoms with van der Waals surface area (Å²) >= 11 is 0. The fraction of sp³-hybridized carbons (Fsp3) is 0.692. The first-order chi connectivity index (χ1) is 17.5. The van der Waals surface area contributed by atoms with Crippen LogP contribution in [0.2, 0.25) is 0 Å². The third kappa shape index (κ3) is 5.14. The molecule has 6 rings (SSSR count). The van der Waals surface area contributed by atoms with Gasteiger partial charge in [-0.15, -0.1) is 0 Å². The van der Waals surface area contributed by atoms with Gasteiger partial charge in [-0.05, 0) is 44.6 Å². The number of nitrogens with zero attached hydrogens (tertiary/aromatic N) is 4. The normalized spacial score (nSPS) is 30.4. The maximum atomic E-state index is 12.6. The van der Waals surface area contributed by atoms with Crippen LogP contribution in [-0.2, 0) is 0 Å². The number of anilines is 3. The number of amides is 2. The molecule has 5 N–H and O–H groups in total. The van der Waals surface area contributed by atoms with E-state index in [9.17, 15) is 4.79 Å². The SMILES string of the molecule is C[N+]1(C2CC2)CCC1NC(=O)NC1CCC(Nc2nccc(Nc3cc(C4CCCC4)[nH]n3)n2)CC1. The van der Waals surface area contributed by atoms with Crippen molar-refractivity contribution in [3.05, 3.63) is 24.0 Å². The number of H-pyrrole nitrogens is 1. The van der Waals surface area contributed by atoms with E-state index in [4.69, 9.17) is 0 Å². The number of nitrogens with one attached hydrogen (secondary N) is 5. The van der Waals surface area contributed by atoms with E-state index in [1.54, 1.807) is 6.20 Å². The highest BCUT2D eigenvalue weighted by molar-refractivity contribution is 5.74. The molecule has 0 bridgehead atoms. The van der Waals surface area contributed by atoms with Gasteiger partial charge >= 0.3 is 6.03 Å². The average molecular weight is 495 g/mol. The summed E-state index contributed by atoms with van der Waals surface area (Å²) in [6, 6.07) is 5.26. The highest BCUT2D eigenvalue weighted by atomic mass is 16.2. The monoisotopic (exact) mass is 494 g/mol. The molecule has 2 atom stereocenters. The van der Waals surface area contributed by atoms with Crippen molar-refractivity contribution in [2.45, 2.75) is 101 Å². The Labute approximate surface area is 213 Å². The van der Waals surface area contributed by atoms with E-state index in [-0.39, 0.29) is 18.2 Å². The van der Waals surface area contributed by atoms with Crippen molar-refractivity contribution in [3.63, 3.8) is 0 Å². The molecule has 3 aliphatic carbocycles. The van der Waals surface area contributed by atoms with Crippen molar-refractivity contribution in [2.24, 2.45) is 0 Å². The summed E-state index contributed by atoms with van der Waals surface area (Å²) in [5, 5.41) is 20.9. The summed E-state index contributed by atoms with van der Waals surface area (Å²) < 4.78 is 1.03. The molecule has 0 aromatic carbocycles. The Morgan fingerprint density at radius 3 is 2.47 bits per heavy atom. The van der Waals surface area contributed by atoms with Gasteiger partial charge in [0.25, 0.3) is 0 Å². The minimum Gasteiger partial charge on any atom is -0.351 e. The number of aromatic nitrogens is 4. The van der Waals surface area contributed by atoms with Crippen molar-refractivity contribution < 1.29 is 9.28 Å². The van der Waals surface area contributed by atoms with Gasteiger partial charge in [0.1, 0.15) is 5.82 Å². The molecule has 0 spiro atoms. The molecule has 2 aromatic rings. The quantitative estimate of drug-likeness (QED) is 0.354. The van der Waals surface area contributed by atoms with E-state index >= 15 is 0 Å². The standard InChI is InChI=1S/C26H39N9O/c1-35(20-10-11-20)15-13-24(35)32-26(36)29-19-8-6-18(7-9-19)28-25-27-14-12-22(31-25)30-23-16-21(33-34-23)17-4-2-3-5-17/h12,14,16-20,24H,2-11,13,15H2,1H3,(H4-,27,28,29,30,31,32,33,34,36)/p+1. The largest absolute Gasteiger partial charge is 0.351 e. The van der Waals surface area contributed by atoms with Crippen LogP contribution in [0.4, 0.5) is 22.4 Å². The summed E-state index contributed by atoms with van der Waals surface area (Å²) in [5.74, 6) is 2.76. The Kier molecular flexibility index (Phi) is 6.45. The van der Waals surface area contributed by atoms with Crippen LogP contribution in [0.1, 0.15) is 82.2 Å². The highest BCUT2D eigenvalue weighted by Crippen LogP contribution is 2.40. The van der Waals surface area contributed by atoms with Crippen LogP contribution < -0.4 is 21.3 Å². The van der Waals surface area contributed by atoms with Gasteiger partial charge in [-0.1, -0.05) is 12.8 Å². The molecule has 4 aliphatic rings. The predicted molar refractivity (Wildman–Crippen MR) is 139 cm³/mol. The Morgan fingerprint density at radius 1 is 0.972 bits per heavy atom. The first-order valence-electron chi connectivity index (χ1n) is 13.9. The second-order valence-electron chi connectivity index (χ2n) is 11.5. The lowest BCUT2D eigenvalue weighted by Crippen LogP contribution is -2.71. The molecule has 1 aliphatic heterocycles. The van der Waals surface area contributed by atoms with Gasteiger partial charge < -0.3 is 20.4 Å². The van der Waals surface area contributed by atoms with Gasteiger partial charge in [0.15, 0.2) is 12.0 Å². The molecule has 10 nitrogen and oxygen atoms in total. The van der Waals surface area contributed by atoms with Crippen LogP contribution in [0.3, 0.4) is 0 Å². The fourth-order valence-electron chi connectivity index (χ4n) is 6.41. The number of hydrogen-bond acceptors (Lipinski definition) is 6. The van der Waals surface area contributed by atoms with Gasteiger partial charge in [0, 0.05) is 48.8 Å². The van der Waals surface area contributed by atoms with Crippen LogP contribution in [0.25, 0.3) is 0 Å². The molecule has 2 aromatic heterocycles. The molecule has 2 unspecified atom stereocenters. The van der Waals surface area contributed by atoms with Crippen molar-refractivity contribution in [2.75, 3.05) is 24.2 Å². The highest BCUT2D eigenvalue weighted by Gasteiger charge is 2.53. The fourth-order valence-corrected chi connectivity index (χ4v) is 6.41. The van der Waals surface area contributed by atoms with Gasteiger partial charge in [-0.2, -0.15) is 10.1 Å². The number of rotatable bonds is 8. The third-order valence-electron chi connectivity index (χ3n) is 8.98. The summed E-state index contributed by atoms with van der Waals surface area (Å²) in [7, 11) is 2.29. The zero-order chi connectivity index (χ0) is 24.5. The number of likely N-dealkylation sites (tertiary alicyclic amines) is 1. The van der Waals surface area contributed by atoms with Crippen LogP contribution in [0.5, 0.6) is 0 Å². The zero-order valence-corrected chi connectivity index (χ0v) is 21.3. The van der Waals surface area contributed by atoms with E-state index in [2.05, 4.69) is 54.5 Å². The van der Waals surface area contributed by atoms with Crippen molar-refractivity contribution in [1.29, 1.82) is 0 Å². The molecule has 0 radical (unpaired) electrons. The molecule has 3 heterocycles. The Morgan fingerprint density at radius 2 is 1.75 bits per heavy atom. The summed E-state index contributed by atoms with van der Waals surface area (Å²) in [4.78, 5) is 21.7. The number of quaternary nitrogens is 1. The maximum absolute atomic E-state index is 12.6. The Hall–Kier alpha value is -2.88. The first kappa shape index (κ1) is 23.5. The Bertz CT molecular complexity index is 1060. The van der Waals surface area contributed by atoms with E-state index < -0.39 is 0 Å². The lowest BCUT2D eigenvalue weighted by atomic mass is 9.91. The lowest BCUT2D eigenvalue weighted by Gasteiger charge is -2.50. The number of aromatic amines is 1. The summed E-state index contributed by atoms with van der Waals surface area (Å²) in [5.41, 5.74) is 1.21. The summed E-state index contributed by atoms with van der Waals surface area (Å²) in [6.45, 7) is 1.19. The van der Waals surface area contributed by atoms with Crippen LogP contribution in [0.15, 0.2) is 18.3 Å².